The Morgan fingerprint density at radius 3 is 2.80 bits per heavy atom. The van der Waals surface area contributed by atoms with Gasteiger partial charge in [0.1, 0.15) is 5.52 Å². The van der Waals surface area contributed by atoms with Crippen LogP contribution in [0.1, 0.15) is 5.69 Å². The van der Waals surface area contributed by atoms with E-state index < -0.39 is 17.9 Å². The summed E-state index contributed by atoms with van der Waals surface area (Å²) >= 11 is 0. The fraction of sp³-hybridized carbons (Fsp3) is 0.300. The molecule has 0 spiro atoms. The molecule has 0 aliphatic heterocycles. The molecule has 0 aliphatic rings. The lowest BCUT2D eigenvalue weighted by Gasteiger charge is -2.06. The number of nitrogens with two attached hydrogens (primary N) is 1. The van der Waals surface area contributed by atoms with Crippen LogP contribution in [0, 0.1) is 0 Å². The minimum absolute atomic E-state index is 0.193. The Hall–Kier alpha value is -2.52. The third-order valence-electron chi connectivity index (χ3n) is 2.40. The normalized spacial score (nSPS) is 11.6. The molecule has 2 heterocycles. The Morgan fingerprint density at radius 1 is 1.40 bits per heavy atom. The molecule has 2 amide bonds. The molecule has 4 N–H and O–H groups in total. The Kier molecular flexibility index (Phi) is 3.63. The molecular formula is C10H11F3N6O. The van der Waals surface area contributed by atoms with Gasteiger partial charge in [-0.2, -0.15) is 18.3 Å². The predicted octanol–water partition coefficient (Wildman–Crippen LogP) is 0.828. The monoisotopic (exact) mass is 288 g/mol. The van der Waals surface area contributed by atoms with Gasteiger partial charge in [-0.15, -0.1) is 0 Å². The standard InChI is InChI=1S/C10H11F3N6O/c11-10(12,13)7-5-6-8(15-1-2-17-9(14)20)16-3-4-19(6)18-7/h3-5H,1-2H2,(H,15,16)(H3,14,17,20). The number of nitrogens with one attached hydrogen (secondary N) is 2. The van der Waals surface area contributed by atoms with Crippen molar-refractivity contribution in [3.8, 4) is 0 Å². The summed E-state index contributed by atoms with van der Waals surface area (Å²) < 4.78 is 38.8. The van der Waals surface area contributed by atoms with Crippen molar-refractivity contribution < 1.29 is 18.0 Å². The number of hydrogen-bond acceptors (Lipinski definition) is 4. The van der Waals surface area contributed by atoms with E-state index in [1.54, 1.807) is 0 Å². The van der Waals surface area contributed by atoms with E-state index in [9.17, 15) is 18.0 Å². The molecular weight excluding hydrogens is 277 g/mol. The fourth-order valence-corrected chi connectivity index (χ4v) is 1.56. The SMILES string of the molecule is NC(=O)NCCNc1nccn2nc(C(F)(F)F)cc12. The highest BCUT2D eigenvalue weighted by Crippen LogP contribution is 2.29. The van der Waals surface area contributed by atoms with E-state index in [-0.39, 0.29) is 24.4 Å². The van der Waals surface area contributed by atoms with E-state index in [0.717, 1.165) is 10.6 Å². The molecule has 2 aromatic rings. The summed E-state index contributed by atoms with van der Waals surface area (Å²) in [7, 11) is 0. The number of fused-ring (bicyclic) bond motifs is 1. The first-order chi connectivity index (χ1) is 9.38. The third-order valence-corrected chi connectivity index (χ3v) is 2.40. The molecule has 0 saturated carbocycles. The average molecular weight is 288 g/mol. The molecule has 108 valence electrons. The number of carbonyl (C=O) groups is 1. The number of nitrogens with zero attached hydrogens (tertiary/aromatic N) is 3. The molecule has 0 aromatic carbocycles. The average Bonchev–Trinajstić information content (AvgIpc) is 2.78. The van der Waals surface area contributed by atoms with Gasteiger partial charge in [0.05, 0.1) is 0 Å². The van der Waals surface area contributed by atoms with Crippen LogP contribution in [-0.4, -0.2) is 33.7 Å². The van der Waals surface area contributed by atoms with Crippen LogP contribution in [0.5, 0.6) is 0 Å². The molecule has 2 aromatic heterocycles. The zero-order chi connectivity index (χ0) is 14.8. The Bertz CT molecular complexity index is 623. The van der Waals surface area contributed by atoms with Gasteiger partial charge in [-0.1, -0.05) is 0 Å². The topological polar surface area (TPSA) is 97.3 Å². The fourth-order valence-electron chi connectivity index (χ4n) is 1.56. The predicted molar refractivity (Wildman–Crippen MR) is 64.1 cm³/mol. The molecule has 10 heteroatoms. The Balaban J connectivity index is 2.17. The van der Waals surface area contributed by atoms with Crippen molar-refractivity contribution in [2.45, 2.75) is 6.18 Å². The van der Waals surface area contributed by atoms with Gasteiger partial charge in [0.25, 0.3) is 0 Å². The van der Waals surface area contributed by atoms with Crippen LogP contribution < -0.4 is 16.4 Å². The summed E-state index contributed by atoms with van der Waals surface area (Å²) in [6.45, 7) is 0.487. The van der Waals surface area contributed by atoms with Gasteiger partial charge in [-0.3, -0.25) is 0 Å². The van der Waals surface area contributed by atoms with Gasteiger partial charge in [0.15, 0.2) is 11.5 Å². The van der Waals surface area contributed by atoms with Gasteiger partial charge >= 0.3 is 12.2 Å². The van der Waals surface area contributed by atoms with Crippen LogP contribution in [-0.2, 0) is 6.18 Å². The number of halogens is 3. The lowest BCUT2D eigenvalue weighted by atomic mass is 10.3. The second-order valence-electron chi connectivity index (χ2n) is 3.85. The largest absolute Gasteiger partial charge is 0.435 e. The summed E-state index contributed by atoms with van der Waals surface area (Å²) in [6.07, 6.45) is -1.88. The van der Waals surface area contributed by atoms with Crippen molar-refractivity contribution in [2.75, 3.05) is 18.4 Å². The summed E-state index contributed by atoms with van der Waals surface area (Å²) in [6, 6.07) is 0.221. The molecule has 0 fully saturated rings. The Morgan fingerprint density at radius 2 is 2.15 bits per heavy atom. The molecule has 0 bridgehead atoms. The van der Waals surface area contributed by atoms with E-state index >= 15 is 0 Å². The van der Waals surface area contributed by atoms with Crippen molar-refractivity contribution in [2.24, 2.45) is 5.73 Å². The van der Waals surface area contributed by atoms with Crippen molar-refractivity contribution >= 4 is 17.4 Å². The molecule has 0 atom stereocenters. The second-order valence-corrected chi connectivity index (χ2v) is 3.85. The van der Waals surface area contributed by atoms with Crippen LogP contribution in [0.25, 0.3) is 5.52 Å². The number of alkyl halides is 3. The van der Waals surface area contributed by atoms with E-state index in [1.807, 2.05) is 0 Å². The van der Waals surface area contributed by atoms with Gasteiger partial charge in [-0.25, -0.2) is 14.3 Å². The van der Waals surface area contributed by atoms with Crippen molar-refractivity contribution in [3.05, 3.63) is 24.2 Å². The molecule has 20 heavy (non-hydrogen) atoms. The van der Waals surface area contributed by atoms with Gasteiger partial charge in [-0.05, 0) is 0 Å². The maximum absolute atomic E-state index is 12.6. The molecule has 0 radical (unpaired) electrons. The lowest BCUT2D eigenvalue weighted by molar-refractivity contribution is -0.141. The summed E-state index contributed by atoms with van der Waals surface area (Å²) in [5.74, 6) is 0.238. The maximum atomic E-state index is 12.6. The van der Waals surface area contributed by atoms with Gasteiger partial charge in [0, 0.05) is 31.5 Å². The zero-order valence-electron chi connectivity index (χ0n) is 10.1. The number of anilines is 1. The molecule has 7 nitrogen and oxygen atoms in total. The quantitative estimate of drug-likeness (QED) is 0.726. The first kappa shape index (κ1) is 13.9. The first-order valence-electron chi connectivity index (χ1n) is 5.56. The van der Waals surface area contributed by atoms with Crippen molar-refractivity contribution in [1.29, 1.82) is 0 Å². The zero-order valence-corrected chi connectivity index (χ0v) is 10.1. The van der Waals surface area contributed by atoms with E-state index in [2.05, 4.69) is 20.7 Å². The molecule has 0 aliphatic carbocycles. The lowest BCUT2D eigenvalue weighted by Crippen LogP contribution is -2.33. The van der Waals surface area contributed by atoms with Gasteiger partial charge in [0.2, 0.25) is 0 Å². The number of hydrogen-bond donors (Lipinski definition) is 3. The van der Waals surface area contributed by atoms with E-state index in [0.29, 0.717) is 0 Å². The van der Waals surface area contributed by atoms with Crippen LogP contribution >= 0.6 is 0 Å². The van der Waals surface area contributed by atoms with Crippen LogP contribution in [0.3, 0.4) is 0 Å². The third kappa shape index (κ3) is 3.08. The molecule has 0 unspecified atom stereocenters. The maximum Gasteiger partial charge on any atom is 0.435 e. The number of rotatable bonds is 4. The smallest absolute Gasteiger partial charge is 0.367 e. The second kappa shape index (κ2) is 5.23. The van der Waals surface area contributed by atoms with Crippen molar-refractivity contribution in [3.63, 3.8) is 0 Å². The highest BCUT2D eigenvalue weighted by molar-refractivity contribution is 5.71. The molecule has 0 saturated heterocycles. The van der Waals surface area contributed by atoms with Crippen molar-refractivity contribution in [1.82, 2.24) is 19.9 Å². The highest BCUT2D eigenvalue weighted by atomic mass is 19.4. The minimum Gasteiger partial charge on any atom is -0.367 e. The number of carbonyl (C=O) groups excluding carboxylic acids is 1. The molecule has 2 rings (SSSR count). The number of primary amides is 1. The van der Waals surface area contributed by atoms with Crippen LogP contribution in [0.15, 0.2) is 18.5 Å². The van der Waals surface area contributed by atoms with E-state index in [1.165, 1.54) is 12.4 Å². The number of amides is 2. The minimum atomic E-state index is -4.52. The highest BCUT2D eigenvalue weighted by Gasteiger charge is 2.34. The van der Waals surface area contributed by atoms with Crippen LogP contribution in [0.4, 0.5) is 23.8 Å². The Labute approximate surface area is 111 Å². The number of aromatic nitrogens is 3. The summed E-state index contributed by atoms with van der Waals surface area (Å²) in [5.41, 5.74) is 4.08. The summed E-state index contributed by atoms with van der Waals surface area (Å²) in [4.78, 5) is 14.4. The first-order valence-corrected chi connectivity index (χ1v) is 5.56. The van der Waals surface area contributed by atoms with Crippen LogP contribution in [0.2, 0.25) is 0 Å². The number of urea groups is 1. The summed E-state index contributed by atoms with van der Waals surface area (Å²) in [5, 5.41) is 8.56. The van der Waals surface area contributed by atoms with E-state index in [4.69, 9.17) is 5.73 Å². The van der Waals surface area contributed by atoms with Gasteiger partial charge < -0.3 is 16.4 Å².